The molecule has 0 saturated carbocycles. The zero-order valence-corrected chi connectivity index (χ0v) is 17.1. The van der Waals surface area contributed by atoms with Crippen LogP contribution >= 0.6 is 0 Å². The molecule has 0 amide bonds. The molecule has 5 nitrogen and oxygen atoms in total. The molecule has 0 bridgehead atoms. The fourth-order valence-electron chi connectivity index (χ4n) is 2.60. The van der Waals surface area contributed by atoms with Crippen LogP contribution in [0.4, 0.5) is 0 Å². The Morgan fingerprint density at radius 1 is 0.655 bits per heavy atom. The Balaban J connectivity index is 1.35. The van der Waals surface area contributed by atoms with Gasteiger partial charge in [0.2, 0.25) is 0 Å². The third kappa shape index (κ3) is 6.84. The van der Waals surface area contributed by atoms with Gasteiger partial charge in [-0.25, -0.2) is 8.42 Å². The number of sulfone groups is 1. The summed E-state index contributed by atoms with van der Waals surface area (Å²) in [6, 6.07) is 24.0. The molecule has 0 heterocycles. The SMILES string of the molecule is CS(=O)(=O)c1ccc(OCCCOc2ccc(OCc3ccccc3)cc2)cc1. The molecule has 3 aromatic carbocycles. The first-order valence-electron chi connectivity index (χ1n) is 9.33. The van der Waals surface area contributed by atoms with Crippen LogP contribution < -0.4 is 14.2 Å². The first-order valence-corrected chi connectivity index (χ1v) is 11.2. The molecule has 0 atom stereocenters. The van der Waals surface area contributed by atoms with Crippen LogP contribution in [0.15, 0.2) is 83.8 Å². The van der Waals surface area contributed by atoms with E-state index >= 15 is 0 Å². The second-order valence-electron chi connectivity index (χ2n) is 6.54. The van der Waals surface area contributed by atoms with E-state index in [2.05, 4.69) is 0 Å². The molecule has 3 aromatic rings. The minimum atomic E-state index is -3.18. The van der Waals surface area contributed by atoms with Crippen molar-refractivity contribution in [1.29, 1.82) is 0 Å². The zero-order valence-electron chi connectivity index (χ0n) is 16.3. The highest BCUT2D eigenvalue weighted by Gasteiger charge is 2.06. The third-order valence-corrected chi connectivity index (χ3v) is 5.28. The van der Waals surface area contributed by atoms with E-state index in [4.69, 9.17) is 14.2 Å². The van der Waals surface area contributed by atoms with E-state index < -0.39 is 9.84 Å². The molecule has 0 N–H and O–H groups in total. The molecule has 0 aliphatic heterocycles. The molecule has 0 spiro atoms. The zero-order chi connectivity index (χ0) is 20.5. The van der Waals surface area contributed by atoms with Gasteiger partial charge in [-0.05, 0) is 54.1 Å². The molecular formula is C23H24O5S. The minimum Gasteiger partial charge on any atom is -0.493 e. The van der Waals surface area contributed by atoms with Crippen molar-refractivity contribution in [2.24, 2.45) is 0 Å². The lowest BCUT2D eigenvalue weighted by atomic mass is 10.2. The summed E-state index contributed by atoms with van der Waals surface area (Å²) in [5.74, 6) is 2.20. The Kier molecular flexibility index (Phi) is 7.14. The fourth-order valence-corrected chi connectivity index (χ4v) is 3.23. The van der Waals surface area contributed by atoms with Gasteiger partial charge >= 0.3 is 0 Å². The maximum atomic E-state index is 11.4. The molecule has 0 aromatic heterocycles. The quantitative estimate of drug-likeness (QED) is 0.458. The Morgan fingerprint density at radius 2 is 1.14 bits per heavy atom. The van der Waals surface area contributed by atoms with Crippen LogP contribution in [0.3, 0.4) is 0 Å². The summed E-state index contributed by atoms with van der Waals surface area (Å²) in [5, 5.41) is 0. The highest BCUT2D eigenvalue weighted by atomic mass is 32.2. The van der Waals surface area contributed by atoms with Gasteiger partial charge in [-0.1, -0.05) is 30.3 Å². The second kappa shape index (κ2) is 9.98. The van der Waals surface area contributed by atoms with Crippen molar-refractivity contribution in [3.05, 3.63) is 84.4 Å². The van der Waals surface area contributed by atoms with Crippen molar-refractivity contribution in [3.8, 4) is 17.2 Å². The summed E-state index contributed by atoms with van der Waals surface area (Å²) in [5.41, 5.74) is 1.12. The Morgan fingerprint density at radius 3 is 1.66 bits per heavy atom. The van der Waals surface area contributed by atoms with Gasteiger partial charge in [-0.3, -0.25) is 0 Å². The van der Waals surface area contributed by atoms with Crippen LogP contribution in [-0.4, -0.2) is 27.9 Å². The van der Waals surface area contributed by atoms with Crippen LogP contribution in [0.2, 0.25) is 0 Å². The second-order valence-corrected chi connectivity index (χ2v) is 8.56. The van der Waals surface area contributed by atoms with Crippen molar-refractivity contribution in [2.75, 3.05) is 19.5 Å². The predicted octanol–water partition coefficient (Wildman–Crippen LogP) is 4.52. The van der Waals surface area contributed by atoms with Crippen molar-refractivity contribution in [3.63, 3.8) is 0 Å². The molecule has 0 unspecified atom stereocenters. The maximum absolute atomic E-state index is 11.4. The van der Waals surface area contributed by atoms with Crippen LogP contribution in [0, 0.1) is 0 Å². The van der Waals surface area contributed by atoms with E-state index in [0.29, 0.717) is 32.0 Å². The first-order chi connectivity index (χ1) is 14.0. The summed E-state index contributed by atoms with van der Waals surface area (Å²) in [6.45, 7) is 1.53. The van der Waals surface area contributed by atoms with E-state index in [1.165, 1.54) is 6.26 Å². The van der Waals surface area contributed by atoms with Gasteiger partial charge in [0.1, 0.15) is 23.9 Å². The maximum Gasteiger partial charge on any atom is 0.175 e. The third-order valence-electron chi connectivity index (χ3n) is 4.15. The molecule has 152 valence electrons. The number of hydrogen-bond donors (Lipinski definition) is 0. The first kappa shape index (κ1) is 20.7. The lowest BCUT2D eigenvalue weighted by Gasteiger charge is -2.10. The van der Waals surface area contributed by atoms with Gasteiger partial charge in [0.05, 0.1) is 18.1 Å². The standard InChI is InChI=1S/C23H24O5S/c1-29(24,25)23-14-12-21(13-15-23)27-17-5-16-26-20-8-10-22(11-9-20)28-18-19-6-3-2-4-7-19/h2-4,6-15H,5,16-18H2,1H3. The molecule has 0 aliphatic carbocycles. The number of rotatable bonds is 10. The van der Waals surface area contributed by atoms with Crippen molar-refractivity contribution in [2.45, 2.75) is 17.9 Å². The summed E-state index contributed by atoms with van der Waals surface area (Å²) in [4.78, 5) is 0.282. The topological polar surface area (TPSA) is 61.8 Å². The van der Waals surface area contributed by atoms with Gasteiger partial charge in [0.15, 0.2) is 9.84 Å². The van der Waals surface area contributed by atoms with E-state index in [9.17, 15) is 8.42 Å². The minimum absolute atomic E-state index is 0.282. The highest BCUT2D eigenvalue weighted by Crippen LogP contribution is 2.19. The number of hydrogen-bond acceptors (Lipinski definition) is 5. The van der Waals surface area contributed by atoms with E-state index in [0.717, 1.165) is 17.1 Å². The average molecular weight is 413 g/mol. The monoisotopic (exact) mass is 412 g/mol. The normalized spacial score (nSPS) is 11.1. The van der Waals surface area contributed by atoms with E-state index in [1.54, 1.807) is 24.3 Å². The van der Waals surface area contributed by atoms with Crippen molar-refractivity contribution >= 4 is 9.84 Å². The molecule has 6 heteroatoms. The molecule has 0 saturated heterocycles. The predicted molar refractivity (Wildman–Crippen MR) is 112 cm³/mol. The average Bonchev–Trinajstić information content (AvgIpc) is 2.73. The summed E-state index contributed by atoms with van der Waals surface area (Å²) in [6.07, 6.45) is 1.89. The van der Waals surface area contributed by atoms with Gasteiger partial charge in [0, 0.05) is 12.7 Å². The Hall–Kier alpha value is -2.99. The largest absolute Gasteiger partial charge is 0.493 e. The van der Waals surface area contributed by atoms with Crippen LogP contribution in [-0.2, 0) is 16.4 Å². The highest BCUT2D eigenvalue weighted by molar-refractivity contribution is 7.90. The number of ether oxygens (including phenoxy) is 3. The molecule has 0 aliphatic rings. The van der Waals surface area contributed by atoms with Crippen molar-refractivity contribution in [1.82, 2.24) is 0 Å². The van der Waals surface area contributed by atoms with E-state index in [-0.39, 0.29) is 4.90 Å². The van der Waals surface area contributed by atoms with Gasteiger partial charge in [-0.2, -0.15) is 0 Å². The van der Waals surface area contributed by atoms with Gasteiger partial charge < -0.3 is 14.2 Å². The van der Waals surface area contributed by atoms with Crippen LogP contribution in [0.1, 0.15) is 12.0 Å². The smallest absolute Gasteiger partial charge is 0.175 e. The fraction of sp³-hybridized carbons (Fsp3) is 0.217. The van der Waals surface area contributed by atoms with E-state index in [1.807, 2.05) is 54.6 Å². The summed E-state index contributed by atoms with van der Waals surface area (Å²) < 4.78 is 39.9. The molecule has 3 rings (SSSR count). The summed E-state index contributed by atoms with van der Waals surface area (Å²) in [7, 11) is -3.18. The molecule has 0 fully saturated rings. The Bertz CT molecular complexity index is 982. The summed E-state index contributed by atoms with van der Waals surface area (Å²) >= 11 is 0. The van der Waals surface area contributed by atoms with Crippen LogP contribution in [0.5, 0.6) is 17.2 Å². The Labute approximate surface area is 171 Å². The number of benzene rings is 3. The molecule has 29 heavy (non-hydrogen) atoms. The lowest BCUT2D eigenvalue weighted by Crippen LogP contribution is -2.05. The van der Waals surface area contributed by atoms with Crippen LogP contribution in [0.25, 0.3) is 0 Å². The van der Waals surface area contributed by atoms with Gasteiger partial charge in [0.25, 0.3) is 0 Å². The van der Waals surface area contributed by atoms with Crippen molar-refractivity contribution < 1.29 is 22.6 Å². The van der Waals surface area contributed by atoms with Gasteiger partial charge in [-0.15, -0.1) is 0 Å². The molecular weight excluding hydrogens is 388 g/mol. The lowest BCUT2D eigenvalue weighted by molar-refractivity contribution is 0.247. The molecule has 0 radical (unpaired) electrons.